The first-order valence-electron chi connectivity index (χ1n) is 5.51. The maximum absolute atomic E-state index is 11.6. The summed E-state index contributed by atoms with van der Waals surface area (Å²) in [5.74, 6) is 1.10. The molecule has 0 N–H and O–H groups in total. The molecule has 0 aromatic heterocycles. The number of unbranched alkanes of at least 4 members (excludes halogenated alkanes) is 1. The smallest absolute Gasteiger partial charge is 0.137 e. The lowest BCUT2D eigenvalue weighted by Gasteiger charge is -2.05. The fourth-order valence-corrected chi connectivity index (χ4v) is 2.10. The van der Waals surface area contributed by atoms with E-state index in [4.69, 9.17) is 4.74 Å². The summed E-state index contributed by atoms with van der Waals surface area (Å²) in [4.78, 5) is 11.6. The Kier molecular flexibility index (Phi) is 5.53. The fourth-order valence-electron chi connectivity index (χ4n) is 1.51. The molecule has 0 aliphatic heterocycles. The molecule has 88 valence electrons. The van der Waals surface area contributed by atoms with Crippen LogP contribution in [-0.4, -0.2) is 12.9 Å². The van der Waals surface area contributed by atoms with E-state index in [-0.39, 0.29) is 0 Å². The SMILES string of the molecule is CCCCC(=O)Cc1ccc(OC)c(Br)c1. The van der Waals surface area contributed by atoms with Crippen molar-refractivity contribution in [3.05, 3.63) is 28.2 Å². The van der Waals surface area contributed by atoms with Gasteiger partial charge in [-0.15, -0.1) is 0 Å². The van der Waals surface area contributed by atoms with Gasteiger partial charge in [0.2, 0.25) is 0 Å². The number of ketones is 1. The number of methoxy groups -OCH3 is 1. The van der Waals surface area contributed by atoms with Gasteiger partial charge < -0.3 is 4.74 Å². The standard InChI is InChI=1S/C13H17BrO2/c1-3-4-5-11(15)8-10-6-7-13(16-2)12(14)9-10/h6-7,9H,3-5,8H2,1-2H3. The Balaban J connectivity index is 2.61. The number of rotatable bonds is 6. The van der Waals surface area contributed by atoms with Gasteiger partial charge in [-0.1, -0.05) is 19.4 Å². The Morgan fingerprint density at radius 1 is 1.44 bits per heavy atom. The molecule has 0 atom stereocenters. The van der Waals surface area contributed by atoms with E-state index < -0.39 is 0 Å². The predicted molar refractivity (Wildman–Crippen MR) is 68.9 cm³/mol. The third kappa shape index (κ3) is 3.97. The van der Waals surface area contributed by atoms with Gasteiger partial charge in [-0.2, -0.15) is 0 Å². The molecule has 1 aromatic rings. The summed E-state index contributed by atoms with van der Waals surface area (Å²) in [5, 5.41) is 0. The minimum absolute atomic E-state index is 0.305. The molecule has 2 nitrogen and oxygen atoms in total. The first kappa shape index (κ1) is 13.2. The molecule has 0 unspecified atom stereocenters. The van der Waals surface area contributed by atoms with Crippen molar-refractivity contribution >= 4 is 21.7 Å². The zero-order valence-corrected chi connectivity index (χ0v) is 11.3. The Morgan fingerprint density at radius 2 is 2.19 bits per heavy atom. The highest BCUT2D eigenvalue weighted by Crippen LogP contribution is 2.25. The molecule has 0 bridgehead atoms. The Hall–Kier alpha value is -0.830. The van der Waals surface area contributed by atoms with Crippen molar-refractivity contribution in [1.29, 1.82) is 0 Å². The fraction of sp³-hybridized carbons (Fsp3) is 0.462. The molecule has 0 aliphatic carbocycles. The van der Waals surface area contributed by atoms with Crippen LogP contribution in [0.4, 0.5) is 0 Å². The van der Waals surface area contributed by atoms with Crippen molar-refractivity contribution in [1.82, 2.24) is 0 Å². The Morgan fingerprint density at radius 3 is 2.75 bits per heavy atom. The van der Waals surface area contributed by atoms with Crippen molar-refractivity contribution < 1.29 is 9.53 Å². The summed E-state index contributed by atoms with van der Waals surface area (Å²) < 4.78 is 6.04. The average molecular weight is 285 g/mol. The summed E-state index contributed by atoms with van der Waals surface area (Å²) in [6.45, 7) is 2.09. The van der Waals surface area contributed by atoms with E-state index >= 15 is 0 Å². The number of ether oxygens (including phenoxy) is 1. The van der Waals surface area contributed by atoms with Crippen LogP contribution in [-0.2, 0) is 11.2 Å². The molecule has 1 aromatic carbocycles. The number of halogens is 1. The van der Waals surface area contributed by atoms with Crippen LogP contribution in [0.5, 0.6) is 5.75 Å². The average Bonchev–Trinajstić information content (AvgIpc) is 2.26. The Bertz CT molecular complexity index is 361. The molecule has 0 saturated carbocycles. The summed E-state index contributed by atoms with van der Waals surface area (Å²) in [6, 6.07) is 5.77. The Labute approximate surface area is 105 Å². The number of benzene rings is 1. The highest BCUT2D eigenvalue weighted by Gasteiger charge is 2.06. The zero-order chi connectivity index (χ0) is 12.0. The van der Waals surface area contributed by atoms with Crippen molar-refractivity contribution in [3.8, 4) is 5.75 Å². The molecule has 16 heavy (non-hydrogen) atoms. The monoisotopic (exact) mass is 284 g/mol. The van der Waals surface area contributed by atoms with Gasteiger partial charge in [-0.25, -0.2) is 0 Å². The maximum Gasteiger partial charge on any atom is 0.137 e. The van der Waals surface area contributed by atoms with E-state index in [2.05, 4.69) is 22.9 Å². The van der Waals surface area contributed by atoms with Gasteiger partial charge in [0.15, 0.2) is 0 Å². The second-order valence-electron chi connectivity index (χ2n) is 3.79. The van der Waals surface area contributed by atoms with Crippen LogP contribution in [0, 0.1) is 0 Å². The molecule has 0 aliphatic rings. The number of carbonyl (C=O) groups excluding carboxylic acids is 1. The van der Waals surface area contributed by atoms with Gasteiger partial charge in [-0.3, -0.25) is 4.79 Å². The second-order valence-corrected chi connectivity index (χ2v) is 4.64. The van der Waals surface area contributed by atoms with E-state index in [0.717, 1.165) is 28.6 Å². The number of carbonyl (C=O) groups is 1. The first-order chi connectivity index (χ1) is 7.67. The molecular weight excluding hydrogens is 268 g/mol. The second kappa shape index (κ2) is 6.69. The largest absolute Gasteiger partial charge is 0.496 e. The van der Waals surface area contributed by atoms with E-state index in [1.807, 2.05) is 18.2 Å². The van der Waals surface area contributed by atoms with E-state index in [9.17, 15) is 4.79 Å². The first-order valence-corrected chi connectivity index (χ1v) is 6.30. The molecular formula is C13H17BrO2. The van der Waals surface area contributed by atoms with Crippen molar-refractivity contribution in [2.45, 2.75) is 32.6 Å². The van der Waals surface area contributed by atoms with Crippen LogP contribution in [0.25, 0.3) is 0 Å². The van der Waals surface area contributed by atoms with Crippen LogP contribution in [0.3, 0.4) is 0 Å². The molecule has 0 spiro atoms. The third-order valence-corrected chi connectivity index (χ3v) is 3.05. The molecule has 0 amide bonds. The number of Topliss-reactive ketones (excluding diaryl/α,β-unsaturated/α-hetero) is 1. The summed E-state index contributed by atoms with van der Waals surface area (Å²) >= 11 is 3.41. The van der Waals surface area contributed by atoms with Crippen molar-refractivity contribution in [2.75, 3.05) is 7.11 Å². The lowest BCUT2D eigenvalue weighted by Crippen LogP contribution is -2.02. The van der Waals surface area contributed by atoms with Gasteiger partial charge in [0, 0.05) is 12.8 Å². The topological polar surface area (TPSA) is 26.3 Å². The molecule has 3 heteroatoms. The lowest BCUT2D eigenvalue weighted by molar-refractivity contribution is -0.118. The van der Waals surface area contributed by atoms with Crippen LogP contribution < -0.4 is 4.74 Å². The van der Waals surface area contributed by atoms with E-state index in [1.165, 1.54) is 0 Å². The van der Waals surface area contributed by atoms with Crippen molar-refractivity contribution in [2.24, 2.45) is 0 Å². The third-order valence-electron chi connectivity index (χ3n) is 2.43. The highest BCUT2D eigenvalue weighted by atomic mass is 79.9. The minimum atomic E-state index is 0.305. The van der Waals surface area contributed by atoms with Gasteiger partial charge in [-0.05, 0) is 40.0 Å². The van der Waals surface area contributed by atoms with Gasteiger partial charge in [0.05, 0.1) is 11.6 Å². The summed E-state index contributed by atoms with van der Waals surface area (Å²) in [6.07, 6.45) is 3.25. The van der Waals surface area contributed by atoms with Gasteiger partial charge in [0.25, 0.3) is 0 Å². The predicted octanol–water partition coefficient (Wildman–Crippen LogP) is 3.76. The van der Waals surface area contributed by atoms with Crippen LogP contribution in [0.15, 0.2) is 22.7 Å². The van der Waals surface area contributed by atoms with Gasteiger partial charge in [0.1, 0.15) is 11.5 Å². The quantitative estimate of drug-likeness (QED) is 0.795. The zero-order valence-electron chi connectivity index (χ0n) is 9.75. The molecule has 0 heterocycles. The molecule has 0 saturated heterocycles. The van der Waals surface area contributed by atoms with Crippen LogP contribution >= 0.6 is 15.9 Å². The van der Waals surface area contributed by atoms with Gasteiger partial charge >= 0.3 is 0 Å². The summed E-state index contributed by atoms with van der Waals surface area (Å²) in [7, 11) is 1.63. The van der Waals surface area contributed by atoms with Crippen LogP contribution in [0.1, 0.15) is 31.7 Å². The number of hydrogen-bond acceptors (Lipinski definition) is 2. The van der Waals surface area contributed by atoms with E-state index in [1.54, 1.807) is 7.11 Å². The van der Waals surface area contributed by atoms with E-state index in [0.29, 0.717) is 18.6 Å². The minimum Gasteiger partial charge on any atom is -0.496 e. The molecule has 0 fully saturated rings. The molecule has 1 rings (SSSR count). The molecule has 0 radical (unpaired) electrons. The maximum atomic E-state index is 11.6. The number of hydrogen-bond donors (Lipinski definition) is 0. The summed E-state index contributed by atoms with van der Waals surface area (Å²) in [5.41, 5.74) is 1.04. The van der Waals surface area contributed by atoms with Crippen LogP contribution in [0.2, 0.25) is 0 Å². The lowest BCUT2D eigenvalue weighted by atomic mass is 10.1. The van der Waals surface area contributed by atoms with Crippen molar-refractivity contribution in [3.63, 3.8) is 0 Å². The highest BCUT2D eigenvalue weighted by molar-refractivity contribution is 9.10. The normalized spacial score (nSPS) is 10.2.